The van der Waals surface area contributed by atoms with Crippen molar-refractivity contribution in [2.45, 2.75) is 6.85 Å². The summed E-state index contributed by atoms with van der Waals surface area (Å²) in [6.07, 6.45) is -1.82. The standard InChI is InChI=1S/C9H10N4/c1-7-4-12-13(6-7)8-2-3-9(10)11-5-8/h2-6H,1H3,(H2,10,11)/i1D3,2D,3D,4D,5D,6D. The fraction of sp³-hybridized carbons (Fsp3) is 0.111. The van der Waals surface area contributed by atoms with Crippen molar-refractivity contribution in [3.8, 4) is 5.69 Å². The highest BCUT2D eigenvalue weighted by atomic mass is 15.3. The molecule has 0 atom stereocenters. The lowest BCUT2D eigenvalue weighted by atomic mass is 10.4. The van der Waals surface area contributed by atoms with Gasteiger partial charge in [-0.1, -0.05) is 0 Å². The van der Waals surface area contributed by atoms with Crippen molar-refractivity contribution in [1.82, 2.24) is 14.8 Å². The van der Waals surface area contributed by atoms with Gasteiger partial charge in [-0.2, -0.15) is 5.10 Å². The Morgan fingerprint density at radius 2 is 2.46 bits per heavy atom. The molecular formula is C9H10N4. The number of hydrogen-bond acceptors (Lipinski definition) is 3. The molecule has 2 N–H and O–H groups in total. The third-order valence-electron chi connectivity index (χ3n) is 1.28. The number of anilines is 1. The van der Waals surface area contributed by atoms with Gasteiger partial charge >= 0.3 is 0 Å². The molecule has 0 radical (unpaired) electrons. The van der Waals surface area contributed by atoms with Gasteiger partial charge in [-0.15, -0.1) is 0 Å². The van der Waals surface area contributed by atoms with E-state index in [0.29, 0.717) is 4.68 Å². The third kappa shape index (κ3) is 1.51. The van der Waals surface area contributed by atoms with Crippen LogP contribution < -0.4 is 5.73 Å². The van der Waals surface area contributed by atoms with E-state index in [1.165, 1.54) is 0 Å². The van der Waals surface area contributed by atoms with Gasteiger partial charge in [0.05, 0.1) is 24.9 Å². The van der Waals surface area contributed by atoms with Crippen molar-refractivity contribution in [1.29, 1.82) is 0 Å². The molecular weight excluding hydrogens is 164 g/mol. The van der Waals surface area contributed by atoms with E-state index in [0.717, 1.165) is 0 Å². The molecule has 0 aliphatic heterocycles. The van der Waals surface area contributed by atoms with Crippen molar-refractivity contribution in [3.05, 3.63) is 36.2 Å². The Morgan fingerprint density at radius 1 is 1.54 bits per heavy atom. The predicted octanol–water partition coefficient (Wildman–Crippen LogP) is 1.16. The number of nitrogens with zero attached hydrogens (tertiary/aromatic N) is 3. The smallest absolute Gasteiger partial charge is 0.123 e. The highest BCUT2D eigenvalue weighted by Gasteiger charge is 1.97. The Bertz CT molecular complexity index is 720. The van der Waals surface area contributed by atoms with Crippen LogP contribution in [0.25, 0.3) is 5.69 Å². The number of nitrogen functional groups attached to an aromatic ring is 1. The summed E-state index contributed by atoms with van der Waals surface area (Å²) < 4.78 is 60.9. The van der Waals surface area contributed by atoms with Gasteiger partial charge in [-0.3, -0.25) is 0 Å². The van der Waals surface area contributed by atoms with E-state index < -0.39 is 43.0 Å². The highest BCUT2D eigenvalue weighted by Crippen LogP contribution is 2.07. The molecule has 0 aromatic carbocycles. The fourth-order valence-electron chi connectivity index (χ4n) is 0.754. The fourth-order valence-corrected chi connectivity index (χ4v) is 0.754. The second kappa shape index (κ2) is 2.90. The molecule has 66 valence electrons. The van der Waals surface area contributed by atoms with Gasteiger partial charge < -0.3 is 5.73 Å². The molecule has 0 spiro atoms. The normalized spacial score (nSPS) is 20.0. The molecule has 13 heavy (non-hydrogen) atoms. The Kier molecular flexibility index (Phi) is 0.631. The maximum atomic E-state index is 7.81. The monoisotopic (exact) mass is 182 g/mol. The first kappa shape index (κ1) is 2.83. The molecule has 4 nitrogen and oxygen atoms in total. The predicted molar refractivity (Wildman–Crippen MR) is 50.5 cm³/mol. The van der Waals surface area contributed by atoms with Gasteiger partial charge in [0.1, 0.15) is 5.82 Å². The first-order chi connectivity index (χ1) is 9.55. The molecule has 0 bridgehead atoms. The van der Waals surface area contributed by atoms with Crippen molar-refractivity contribution in [2.75, 3.05) is 5.73 Å². The second-order valence-corrected chi connectivity index (χ2v) is 2.22. The zero-order chi connectivity index (χ0) is 16.1. The third-order valence-corrected chi connectivity index (χ3v) is 1.28. The van der Waals surface area contributed by atoms with Crippen LogP contribution in [0.4, 0.5) is 5.82 Å². The van der Waals surface area contributed by atoms with E-state index in [1.807, 2.05) is 0 Å². The summed E-state index contributed by atoms with van der Waals surface area (Å²) in [6, 6.07) is -0.974. The van der Waals surface area contributed by atoms with Gasteiger partial charge in [0, 0.05) is 10.3 Å². The summed E-state index contributed by atoms with van der Waals surface area (Å²) in [6.45, 7) is -2.72. The number of pyridine rings is 1. The van der Waals surface area contributed by atoms with E-state index in [1.54, 1.807) is 0 Å². The SMILES string of the molecule is [2H]c1nc(N)c([2H])c([2H])c1-n1nc([2H])c(C([2H])([2H])[2H])c1[2H]. The lowest BCUT2D eigenvalue weighted by Crippen LogP contribution is -1.96. The maximum absolute atomic E-state index is 7.81. The van der Waals surface area contributed by atoms with Crippen LogP contribution in [0, 0.1) is 6.85 Å². The summed E-state index contributed by atoms with van der Waals surface area (Å²) in [4.78, 5) is 3.54. The van der Waals surface area contributed by atoms with E-state index in [-0.39, 0.29) is 11.5 Å². The van der Waals surface area contributed by atoms with Crippen LogP contribution in [0.3, 0.4) is 0 Å². The van der Waals surface area contributed by atoms with Gasteiger partial charge in [0.15, 0.2) is 0 Å². The molecule has 0 amide bonds. The average molecular weight is 182 g/mol. The van der Waals surface area contributed by atoms with Crippen LogP contribution in [-0.2, 0) is 0 Å². The van der Waals surface area contributed by atoms with Gasteiger partial charge in [0.25, 0.3) is 0 Å². The Morgan fingerprint density at radius 3 is 3.23 bits per heavy atom. The van der Waals surface area contributed by atoms with E-state index in [4.69, 9.17) is 16.7 Å². The minimum Gasteiger partial charge on any atom is -0.384 e. The summed E-state index contributed by atoms with van der Waals surface area (Å²) in [5, 5.41) is 3.57. The summed E-state index contributed by atoms with van der Waals surface area (Å²) >= 11 is 0. The molecule has 0 saturated heterocycles. The summed E-state index contributed by atoms with van der Waals surface area (Å²) in [5.41, 5.74) is 4.42. The molecule has 2 aromatic heterocycles. The Balaban J connectivity index is 2.79. The van der Waals surface area contributed by atoms with Crippen LogP contribution in [0.1, 0.15) is 16.5 Å². The van der Waals surface area contributed by atoms with Crippen LogP contribution in [0.2, 0.25) is 0 Å². The van der Waals surface area contributed by atoms with E-state index in [9.17, 15) is 0 Å². The number of rotatable bonds is 1. The molecule has 0 saturated carbocycles. The largest absolute Gasteiger partial charge is 0.384 e. The van der Waals surface area contributed by atoms with Crippen LogP contribution >= 0.6 is 0 Å². The average Bonchev–Trinajstić information content (AvgIpc) is 2.61. The Labute approximate surface area is 87.3 Å². The van der Waals surface area contributed by atoms with Crippen LogP contribution in [0.5, 0.6) is 0 Å². The van der Waals surface area contributed by atoms with Crippen LogP contribution in [0.15, 0.2) is 30.6 Å². The first-order valence-corrected chi connectivity index (χ1v) is 3.36. The number of nitrogens with two attached hydrogens (primary N) is 1. The first-order valence-electron chi connectivity index (χ1n) is 7.36. The molecule has 2 rings (SSSR count). The summed E-state index contributed by atoms with van der Waals surface area (Å²) in [5.74, 6) is -0.324. The number of aromatic nitrogens is 3. The van der Waals surface area contributed by atoms with Gasteiger partial charge in [0.2, 0.25) is 0 Å². The molecule has 0 fully saturated rings. The van der Waals surface area contributed by atoms with Crippen LogP contribution in [-0.4, -0.2) is 14.8 Å². The molecule has 4 heteroatoms. The number of hydrogen-bond donors (Lipinski definition) is 1. The quantitative estimate of drug-likeness (QED) is 0.720. The van der Waals surface area contributed by atoms with Crippen molar-refractivity contribution >= 4 is 5.82 Å². The van der Waals surface area contributed by atoms with Gasteiger partial charge in [-0.25, -0.2) is 9.67 Å². The summed E-state index contributed by atoms with van der Waals surface area (Å²) in [7, 11) is 0. The lowest BCUT2D eigenvalue weighted by molar-refractivity contribution is 0.874. The van der Waals surface area contributed by atoms with Crippen molar-refractivity contribution in [3.63, 3.8) is 0 Å². The van der Waals surface area contributed by atoms with Gasteiger partial charge in [-0.05, 0) is 24.5 Å². The minimum absolute atomic E-state index is 0.324. The van der Waals surface area contributed by atoms with E-state index in [2.05, 4.69) is 10.1 Å². The molecule has 2 aromatic rings. The van der Waals surface area contributed by atoms with E-state index >= 15 is 0 Å². The topological polar surface area (TPSA) is 56.7 Å². The zero-order valence-corrected chi connectivity index (χ0v) is 6.42. The highest BCUT2D eigenvalue weighted by molar-refractivity contribution is 5.36. The Hall–Kier alpha value is -1.84. The maximum Gasteiger partial charge on any atom is 0.123 e. The second-order valence-electron chi connectivity index (χ2n) is 2.22. The molecule has 0 unspecified atom stereocenters. The molecule has 2 heterocycles. The minimum atomic E-state index is -2.72. The molecule has 0 aliphatic rings. The van der Waals surface area contributed by atoms with Crippen molar-refractivity contribution < 1.29 is 11.0 Å². The molecule has 0 aliphatic carbocycles. The lowest BCUT2D eigenvalue weighted by Gasteiger charge is -1.99. The van der Waals surface area contributed by atoms with Crippen molar-refractivity contribution in [2.24, 2.45) is 0 Å². The zero-order valence-electron chi connectivity index (χ0n) is 14.4.